The zero-order chi connectivity index (χ0) is 43.3. The van der Waals surface area contributed by atoms with Gasteiger partial charge in [0.15, 0.2) is 22.9 Å². The quantitative estimate of drug-likeness (QED) is 0.191. The fourth-order valence-corrected chi connectivity index (χ4v) is 9.41. The summed E-state index contributed by atoms with van der Waals surface area (Å²) in [6, 6.07) is 71.3. The van der Waals surface area contributed by atoms with Gasteiger partial charge in [0.2, 0.25) is 0 Å². The van der Waals surface area contributed by atoms with Crippen LogP contribution in [-0.4, -0.2) is 38.7 Å². The van der Waals surface area contributed by atoms with Crippen molar-refractivity contribution < 1.29 is 0 Å². The molecular formula is C57H41BrN8. The van der Waals surface area contributed by atoms with E-state index in [2.05, 4.69) is 208 Å². The van der Waals surface area contributed by atoms with Crippen molar-refractivity contribution in [3.8, 4) is 28.5 Å². The second-order valence-electron chi connectivity index (χ2n) is 15.9. The van der Waals surface area contributed by atoms with Gasteiger partial charge in [-0.2, -0.15) is 0 Å². The Morgan fingerprint density at radius 1 is 0.379 bits per heavy atom. The fraction of sp³-hybridized carbons (Fsp3) is 0.0175. The van der Waals surface area contributed by atoms with E-state index < -0.39 is 0 Å². The van der Waals surface area contributed by atoms with Crippen molar-refractivity contribution in [1.29, 1.82) is 0 Å². The van der Waals surface area contributed by atoms with E-state index in [1.807, 2.05) is 65.3 Å². The highest BCUT2D eigenvalue weighted by molar-refractivity contribution is 9.10. The average Bonchev–Trinajstić information content (AvgIpc) is 4.17. The molecule has 8 nitrogen and oxygen atoms in total. The molecule has 0 saturated heterocycles. The average molecular weight is 918 g/mol. The molecule has 0 radical (unpaired) electrons. The molecule has 0 spiro atoms. The number of pyridine rings is 2. The van der Waals surface area contributed by atoms with E-state index in [0.29, 0.717) is 0 Å². The zero-order valence-corrected chi connectivity index (χ0v) is 36.4. The highest BCUT2D eigenvalue weighted by Gasteiger charge is 2.15. The lowest BCUT2D eigenvalue weighted by Gasteiger charge is -2.09. The van der Waals surface area contributed by atoms with E-state index in [9.17, 15) is 0 Å². The Morgan fingerprint density at radius 3 is 1.36 bits per heavy atom. The summed E-state index contributed by atoms with van der Waals surface area (Å²) in [5.41, 5.74) is 9.82. The normalized spacial score (nSPS) is 11.3. The maximum absolute atomic E-state index is 4.51. The van der Waals surface area contributed by atoms with E-state index in [1.54, 1.807) is 0 Å². The zero-order valence-electron chi connectivity index (χ0n) is 34.8. The van der Waals surface area contributed by atoms with Gasteiger partial charge in [-0.05, 0) is 83.6 Å². The lowest BCUT2D eigenvalue weighted by molar-refractivity contribution is 1.11. The molecule has 66 heavy (non-hydrogen) atoms. The smallest absolute Gasteiger partial charge is 0.168 e. The molecule has 9 heteroatoms. The number of aromatic amines is 1. The van der Waals surface area contributed by atoms with Crippen LogP contribution in [0.2, 0.25) is 0 Å². The predicted octanol–water partition coefficient (Wildman–Crippen LogP) is 14.9. The van der Waals surface area contributed by atoms with Crippen molar-refractivity contribution in [3.63, 3.8) is 0 Å². The molecule has 6 heterocycles. The summed E-state index contributed by atoms with van der Waals surface area (Å²) < 4.78 is 7.46. The lowest BCUT2D eigenvalue weighted by atomic mass is 10.1. The van der Waals surface area contributed by atoms with Crippen molar-refractivity contribution >= 4 is 92.4 Å². The van der Waals surface area contributed by atoms with Crippen LogP contribution in [0.15, 0.2) is 223 Å². The monoisotopic (exact) mass is 916 g/mol. The van der Waals surface area contributed by atoms with Gasteiger partial charge >= 0.3 is 0 Å². The summed E-state index contributed by atoms with van der Waals surface area (Å²) in [5.74, 6) is 1.70. The number of fused-ring (bicyclic) bond motifs is 12. The van der Waals surface area contributed by atoms with Gasteiger partial charge in [0.1, 0.15) is 0 Å². The predicted molar refractivity (Wildman–Crippen MR) is 276 cm³/mol. The minimum Gasteiger partial charge on any atom is -0.355 e. The van der Waals surface area contributed by atoms with E-state index in [-0.39, 0.29) is 7.43 Å². The number of benzene rings is 8. The SMILES string of the molecule is Brc1cccc(-c2nnc3c4ccccc4ccn23)c1.C.c1ccc2c(c1)[nH]c1ccccc12.c1ccc2c(c1)ccn1c(-c3ccc(-n4c5ccccc5c5ccccc54)cc3)nnc21. The number of para-hydroxylation sites is 4. The van der Waals surface area contributed by atoms with Crippen LogP contribution in [0.25, 0.3) is 105 Å². The second kappa shape index (κ2) is 17.0. The van der Waals surface area contributed by atoms with Crippen LogP contribution in [0.5, 0.6) is 0 Å². The lowest BCUT2D eigenvalue weighted by Crippen LogP contribution is -1.94. The molecule has 0 unspecified atom stereocenters. The molecule has 8 aromatic carbocycles. The number of nitrogens with zero attached hydrogens (tertiary/aromatic N) is 7. The van der Waals surface area contributed by atoms with Gasteiger partial charge in [-0.25, -0.2) is 0 Å². The third-order valence-electron chi connectivity index (χ3n) is 12.1. The standard InChI is InChI=1S/C28H18N4.C16H10BrN3.C12H9N.CH4/c1-2-8-22-19(7-1)17-18-31-27(29-30-28(22)31)20-13-15-21(16-14-20)32-25-11-5-3-9-23(25)24-10-4-6-12-26(24)32;17-13-6-3-5-12(10-13)15-18-19-16-14-7-2-1-4-11(14)8-9-20(15)16;1-3-7-11-9(5-1)10-6-2-4-8-12(10)13-11;/h1-18H;1-10H;1-8,13H;1H4. The minimum atomic E-state index is 0. The third-order valence-corrected chi connectivity index (χ3v) is 12.6. The van der Waals surface area contributed by atoms with Gasteiger partial charge in [0.05, 0.1) is 11.0 Å². The summed E-state index contributed by atoms with van der Waals surface area (Å²) in [6.07, 6.45) is 4.07. The Morgan fingerprint density at radius 2 is 0.833 bits per heavy atom. The number of hydrogen-bond acceptors (Lipinski definition) is 4. The molecule has 1 N–H and O–H groups in total. The van der Waals surface area contributed by atoms with Crippen LogP contribution in [0.3, 0.4) is 0 Å². The molecule has 0 amide bonds. The van der Waals surface area contributed by atoms with E-state index >= 15 is 0 Å². The number of halogens is 1. The summed E-state index contributed by atoms with van der Waals surface area (Å²) in [6.45, 7) is 0. The first-order chi connectivity index (χ1) is 32.2. The van der Waals surface area contributed by atoms with E-state index in [1.165, 1.54) is 54.4 Å². The molecule has 0 bridgehead atoms. The molecule has 14 rings (SSSR count). The van der Waals surface area contributed by atoms with Crippen LogP contribution in [0.4, 0.5) is 0 Å². The summed E-state index contributed by atoms with van der Waals surface area (Å²) in [4.78, 5) is 3.38. The molecular weight excluding hydrogens is 877 g/mol. The topological polar surface area (TPSA) is 81.1 Å². The van der Waals surface area contributed by atoms with Gasteiger partial charge in [0, 0.05) is 77.0 Å². The van der Waals surface area contributed by atoms with Crippen LogP contribution >= 0.6 is 15.9 Å². The second-order valence-corrected chi connectivity index (χ2v) is 16.8. The Labute approximate surface area is 388 Å². The summed E-state index contributed by atoms with van der Waals surface area (Å²) in [5, 5.41) is 27.4. The van der Waals surface area contributed by atoms with Gasteiger partial charge in [0.25, 0.3) is 0 Å². The van der Waals surface area contributed by atoms with Crippen molar-refractivity contribution in [2.75, 3.05) is 0 Å². The summed E-state index contributed by atoms with van der Waals surface area (Å²) >= 11 is 3.49. The van der Waals surface area contributed by atoms with Crippen molar-refractivity contribution in [1.82, 2.24) is 38.7 Å². The highest BCUT2D eigenvalue weighted by atomic mass is 79.9. The molecule has 0 aliphatic heterocycles. The number of H-pyrrole nitrogens is 1. The van der Waals surface area contributed by atoms with Crippen molar-refractivity contribution in [3.05, 3.63) is 223 Å². The van der Waals surface area contributed by atoms with Gasteiger partial charge in [-0.1, -0.05) is 157 Å². The van der Waals surface area contributed by atoms with Crippen LogP contribution in [-0.2, 0) is 0 Å². The molecule has 0 fully saturated rings. The molecule has 316 valence electrons. The van der Waals surface area contributed by atoms with E-state index in [4.69, 9.17) is 0 Å². The first-order valence-electron chi connectivity index (χ1n) is 21.4. The molecule has 14 aromatic rings. The Kier molecular flexibility index (Phi) is 10.4. The fourth-order valence-electron chi connectivity index (χ4n) is 9.01. The van der Waals surface area contributed by atoms with Crippen LogP contribution in [0.1, 0.15) is 7.43 Å². The molecule has 0 aliphatic carbocycles. The Bertz CT molecular complexity index is 3940. The number of nitrogens with one attached hydrogen (secondary N) is 1. The maximum Gasteiger partial charge on any atom is 0.168 e. The molecule has 0 aliphatic rings. The maximum atomic E-state index is 4.51. The van der Waals surface area contributed by atoms with E-state index in [0.717, 1.165) is 55.0 Å². The van der Waals surface area contributed by atoms with Crippen molar-refractivity contribution in [2.24, 2.45) is 0 Å². The Balaban J connectivity index is 0.000000120. The van der Waals surface area contributed by atoms with Gasteiger partial charge < -0.3 is 9.55 Å². The Hall–Kier alpha value is -8.40. The highest BCUT2D eigenvalue weighted by Crippen LogP contribution is 2.33. The number of aromatic nitrogens is 8. The molecule has 6 aromatic heterocycles. The third kappa shape index (κ3) is 7.03. The largest absolute Gasteiger partial charge is 0.355 e. The minimum absolute atomic E-state index is 0. The van der Waals surface area contributed by atoms with Gasteiger partial charge in [-0.3, -0.25) is 8.80 Å². The summed E-state index contributed by atoms with van der Waals surface area (Å²) in [7, 11) is 0. The molecule has 0 saturated carbocycles. The molecule has 0 atom stereocenters. The first kappa shape index (κ1) is 40.4. The number of rotatable bonds is 3. The van der Waals surface area contributed by atoms with Crippen molar-refractivity contribution in [2.45, 2.75) is 7.43 Å². The number of hydrogen-bond donors (Lipinski definition) is 1. The first-order valence-corrected chi connectivity index (χ1v) is 22.2. The van der Waals surface area contributed by atoms with Crippen LogP contribution in [0, 0.1) is 0 Å². The van der Waals surface area contributed by atoms with Crippen LogP contribution < -0.4 is 0 Å². The van der Waals surface area contributed by atoms with Gasteiger partial charge in [-0.15, -0.1) is 20.4 Å².